The molecule has 1 unspecified atom stereocenters. The average molecular weight is 454 g/mol. The summed E-state index contributed by atoms with van der Waals surface area (Å²) in [6, 6.07) is 10.3. The zero-order chi connectivity index (χ0) is 23.9. The lowest BCUT2D eigenvalue weighted by atomic mass is 9.95. The molecule has 166 valence electrons. The van der Waals surface area contributed by atoms with Crippen molar-refractivity contribution in [3.8, 4) is 0 Å². The Balaban J connectivity index is 1.97. The van der Waals surface area contributed by atoms with Crippen LogP contribution in [0.2, 0.25) is 0 Å². The Morgan fingerprint density at radius 1 is 0.939 bits per heavy atom. The van der Waals surface area contributed by atoms with Crippen LogP contribution in [0.15, 0.2) is 72.3 Å². The smallest absolute Gasteiger partial charge is 0.300 e. The normalized spacial score (nSPS) is 17.4. The molecule has 1 atom stereocenters. The number of anilines is 1. The van der Waals surface area contributed by atoms with E-state index in [9.17, 15) is 38.0 Å². The molecule has 1 aliphatic rings. The molecular formula is C23H13F3N2O5. The highest BCUT2D eigenvalue weighted by molar-refractivity contribution is 6.51. The van der Waals surface area contributed by atoms with Crippen LogP contribution in [0.5, 0.6) is 0 Å². The number of non-ortho nitro benzene ring substituents is 1. The molecule has 0 spiro atoms. The van der Waals surface area contributed by atoms with Crippen molar-refractivity contribution in [2.24, 2.45) is 0 Å². The van der Waals surface area contributed by atoms with Gasteiger partial charge >= 0.3 is 0 Å². The molecule has 1 amide bonds. The molecule has 1 saturated heterocycles. The fraction of sp³-hybridized carbons (Fsp3) is 0.0435. The number of aliphatic hydroxyl groups excluding tert-OH is 1. The Morgan fingerprint density at radius 3 is 2.24 bits per heavy atom. The number of benzene rings is 3. The Bertz CT molecular complexity index is 1340. The molecule has 0 aliphatic carbocycles. The van der Waals surface area contributed by atoms with E-state index in [-0.39, 0.29) is 16.8 Å². The van der Waals surface area contributed by atoms with Crippen LogP contribution in [0.25, 0.3) is 5.76 Å². The molecule has 33 heavy (non-hydrogen) atoms. The van der Waals surface area contributed by atoms with E-state index in [1.165, 1.54) is 30.3 Å². The number of halogens is 3. The number of hydrogen-bond acceptors (Lipinski definition) is 5. The summed E-state index contributed by atoms with van der Waals surface area (Å²) in [6.07, 6.45) is 0. The van der Waals surface area contributed by atoms with Gasteiger partial charge in [-0.3, -0.25) is 24.6 Å². The Labute approximate surface area is 184 Å². The summed E-state index contributed by atoms with van der Waals surface area (Å²) >= 11 is 0. The van der Waals surface area contributed by atoms with E-state index in [1.807, 2.05) is 0 Å². The zero-order valence-electron chi connectivity index (χ0n) is 16.5. The van der Waals surface area contributed by atoms with Crippen LogP contribution in [0.1, 0.15) is 17.2 Å². The molecule has 0 radical (unpaired) electrons. The Hall–Kier alpha value is -4.47. The number of Topliss-reactive ketones (excluding diaryl/α,β-unsaturated/α-hetero) is 1. The molecule has 4 rings (SSSR count). The van der Waals surface area contributed by atoms with E-state index in [0.29, 0.717) is 6.07 Å². The van der Waals surface area contributed by atoms with Crippen molar-refractivity contribution >= 4 is 28.8 Å². The van der Waals surface area contributed by atoms with Gasteiger partial charge < -0.3 is 5.11 Å². The summed E-state index contributed by atoms with van der Waals surface area (Å²) in [5, 5.41) is 22.0. The molecule has 0 bridgehead atoms. The van der Waals surface area contributed by atoms with Crippen LogP contribution in [-0.2, 0) is 9.59 Å². The van der Waals surface area contributed by atoms with Gasteiger partial charge in [-0.25, -0.2) is 13.2 Å². The zero-order valence-corrected chi connectivity index (χ0v) is 16.5. The third kappa shape index (κ3) is 3.82. The van der Waals surface area contributed by atoms with Crippen LogP contribution in [0.3, 0.4) is 0 Å². The lowest BCUT2D eigenvalue weighted by Crippen LogP contribution is -2.30. The minimum Gasteiger partial charge on any atom is -0.507 e. The highest BCUT2D eigenvalue weighted by Gasteiger charge is 2.47. The quantitative estimate of drug-likeness (QED) is 0.204. The fourth-order valence-corrected chi connectivity index (χ4v) is 3.64. The van der Waals surface area contributed by atoms with Gasteiger partial charge in [0.15, 0.2) is 0 Å². The second-order valence-corrected chi connectivity index (χ2v) is 7.12. The number of carbonyl (C=O) groups excluding carboxylic acids is 2. The summed E-state index contributed by atoms with van der Waals surface area (Å²) in [4.78, 5) is 37.0. The van der Waals surface area contributed by atoms with Crippen molar-refractivity contribution in [3.05, 3.63) is 111 Å². The van der Waals surface area contributed by atoms with Gasteiger partial charge in [-0.1, -0.05) is 24.3 Å². The molecule has 1 heterocycles. The highest BCUT2D eigenvalue weighted by atomic mass is 19.1. The molecule has 1 N–H and O–H groups in total. The lowest BCUT2D eigenvalue weighted by molar-refractivity contribution is -0.384. The van der Waals surface area contributed by atoms with Crippen LogP contribution in [0, 0.1) is 27.6 Å². The molecule has 10 heteroatoms. The summed E-state index contributed by atoms with van der Waals surface area (Å²) in [5.41, 5.74) is -1.29. The predicted molar refractivity (Wildman–Crippen MR) is 111 cm³/mol. The van der Waals surface area contributed by atoms with E-state index >= 15 is 0 Å². The summed E-state index contributed by atoms with van der Waals surface area (Å²) in [6.45, 7) is 0. The number of rotatable bonds is 4. The maximum absolute atomic E-state index is 14.6. The highest BCUT2D eigenvalue weighted by Crippen LogP contribution is 2.43. The summed E-state index contributed by atoms with van der Waals surface area (Å²) < 4.78 is 41.6. The van der Waals surface area contributed by atoms with E-state index in [2.05, 4.69) is 0 Å². The first-order valence-electron chi connectivity index (χ1n) is 9.45. The van der Waals surface area contributed by atoms with E-state index in [0.717, 1.165) is 35.2 Å². The average Bonchev–Trinajstić information content (AvgIpc) is 3.04. The van der Waals surface area contributed by atoms with Gasteiger partial charge in [-0.05, 0) is 29.8 Å². The Morgan fingerprint density at radius 2 is 1.61 bits per heavy atom. The summed E-state index contributed by atoms with van der Waals surface area (Å²) in [5.74, 6) is -5.83. The number of aliphatic hydroxyl groups is 1. The number of nitro groups is 1. The van der Waals surface area contributed by atoms with E-state index in [1.54, 1.807) is 0 Å². The third-order valence-electron chi connectivity index (χ3n) is 5.13. The second-order valence-electron chi connectivity index (χ2n) is 7.12. The first kappa shape index (κ1) is 21.8. The van der Waals surface area contributed by atoms with Crippen molar-refractivity contribution in [2.75, 3.05) is 4.90 Å². The van der Waals surface area contributed by atoms with Gasteiger partial charge in [0.2, 0.25) is 0 Å². The first-order chi connectivity index (χ1) is 15.7. The largest absolute Gasteiger partial charge is 0.507 e. The van der Waals surface area contributed by atoms with Gasteiger partial charge in [0.25, 0.3) is 17.4 Å². The van der Waals surface area contributed by atoms with Crippen molar-refractivity contribution in [1.29, 1.82) is 0 Å². The number of carbonyl (C=O) groups is 2. The van der Waals surface area contributed by atoms with Crippen LogP contribution in [0.4, 0.5) is 24.5 Å². The fourth-order valence-electron chi connectivity index (χ4n) is 3.64. The summed E-state index contributed by atoms with van der Waals surface area (Å²) in [7, 11) is 0. The maximum atomic E-state index is 14.6. The SMILES string of the molecule is O=C1C(=O)N(c2ccc(F)cc2F)C(c2ccc(F)cc2)/C1=C(\O)c1cccc([N+](=O)[O-])c1. The number of amides is 1. The molecule has 1 fully saturated rings. The molecule has 3 aromatic carbocycles. The van der Waals surface area contributed by atoms with Gasteiger partial charge in [0, 0.05) is 23.8 Å². The topological polar surface area (TPSA) is 101 Å². The van der Waals surface area contributed by atoms with Crippen molar-refractivity contribution in [2.45, 2.75) is 6.04 Å². The van der Waals surface area contributed by atoms with Gasteiger partial charge in [0.1, 0.15) is 23.2 Å². The number of nitro benzene ring substituents is 1. The van der Waals surface area contributed by atoms with Crippen LogP contribution >= 0.6 is 0 Å². The van der Waals surface area contributed by atoms with Crippen LogP contribution in [-0.4, -0.2) is 21.7 Å². The van der Waals surface area contributed by atoms with Crippen LogP contribution < -0.4 is 4.90 Å². The maximum Gasteiger partial charge on any atom is 0.300 e. The van der Waals surface area contributed by atoms with E-state index < -0.39 is 57.1 Å². The molecular weight excluding hydrogens is 441 g/mol. The number of nitrogens with zero attached hydrogens (tertiary/aromatic N) is 2. The minimum absolute atomic E-state index is 0.131. The van der Waals surface area contributed by atoms with E-state index in [4.69, 9.17) is 0 Å². The van der Waals surface area contributed by atoms with Gasteiger partial charge in [-0.2, -0.15) is 0 Å². The minimum atomic E-state index is -1.41. The van der Waals surface area contributed by atoms with Crippen molar-refractivity contribution in [1.82, 2.24) is 0 Å². The number of ketones is 1. The molecule has 1 aliphatic heterocycles. The predicted octanol–water partition coefficient (Wildman–Crippen LogP) is 4.64. The molecule has 7 nitrogen and oxygen atoms in total. The van der Waals surface area contributed by atoms with Crippen molar-refractivity contribution in [3.63, 3.8) is 0 Å². The molecule has 0 saturated carbocycles. The molecule has 0 aromatic heterocycles. The van der Waals surface area contributed by atoms with Gasteiger partial charge in [0.05, 0.1) is 22.2 Å². The lowest BCUT2D eigenvalue weighted by Gasteiger charge is -2.25. The second kappa shape index (κ2) is 8.23. The number of hydrogen-bond donors (Lipinski definition) is 1. The standard InChI is InChI=1S/C23H13F3N2O5/c24-14-6-4-12(5-7-14)20-19(21(29)13-2-1-3-16(10-13)28(32)33)22(30)23(31)27(20)18-9-8-15(25)11-17(18)26/h1-11,20,29H/b21-19+. The first-order valence-corrected chi connectivity index (χ1v) is 9.45. The third-order valence-corrected chi connectivity index (χ3v) is 5.13. The monoisotopic (exact) mass is 454 g/mol. The van der Waals surface area contributed by atoms with Crippen molar-refractivity contribution < 1.29 is 32.8 Å². The van der Waals surface area contributed by atoms with Gasteiger partial charge in [-0.15, -0.1) is 0 Å². The molecule has 3 aromatic rings. The Kier molecular flexibility index (Phi) is 5.42.